The van der Waals surface area contributed by atoms with Gasteiger partial charge in [0.05, 0.1) is 6.61 Å². The minimum absolute atomic E-state index is 0. The third-order valence-electron chi connectivity index (χ3n) is 5.21. The molecule has 25 heavy (non-hydrogen) atoms. The fraction of sp³-hybridized carbons (Fsp3) is 0.632. The molecule has 3 rings (SSSR count). The molecule has 2 atom stereocenters. The van der Waals surface area contributed by atoms with Crippen molar-refractivity contribution in [3.63, 3.8) is 0 Å². The maximum atomic E-state index is 12.3. The van der Waals surface area contributed by atoms with Gasteiger partial charge in [-0.1, -0.05) is 6.42 Å². The second kappa shape index (κ2) is 9.30. The van der Waals surface area contributed by atoms with Crippen molar-refractivity contribution >= 4 is 18.3 Å². The summed E-state index contributed by atoms with van der Waals surface area (Å²) in [7, 11) is 0. The van der Waals surface area contributed by atoms with Gasteiger partial charge in [-0.2, -0.15) is 0 Å². The van der Waals surface area contributed by atoms with Crippen LogP contribution in [0.25, 0.3) is 0 Å². The first-order valence-electron chi connectivity index (χ1n) is 9.06. The lowest BCUT2D eigenvalue weighted by Gasteiger charge is -2.45. The molecule has 0 heterocycles. The number of nitrogens with one attached hydrogen (secondary N) is 1. The highest BCUT2D eigenvalue weighted by Crippen LogP contribution is 2.39. The van der Waals surface area contributed by atoms with Gasteiger partial charge in [-0.3, -0.25) is 4.79 Å². The van der Waals surface area contributed by atoms with Crippen molar-refractivity contribution in [3.8, 4) is 11.5 Å². The molecule has 1 amide bonds. The van der Waals surface area contributed by atoms with Crippen LogP contribution in [0.5, 0.6) is 11.5 Å². The maximum absolute atomic E-state index is 12.3. The van der Waals surface area contributed by atoms with Crippen molar-refractivity contribution in [3.05, 3.63) is 24.3 Å². The van der Waals surface area contributed by atoms with E-state index >= 15 is 0 Å². The summed E-state index contributed by atoms with van der Waals surface area (Å²) in [4.78, 5) is 12.3. The first-order valence-corrected chi connectivity index (χ1v) is 9.06. The quantitative estimate of drug-likeness (QED) is 0.809. The van der Waals surface area contributed by atoms with Crippen LogP contribution in [0.4, 0.5) is 0 Å². The Morgan fingerprint density at radius 3 is 2.24 bits per heavy atom. The molecule has 5 nitrogen and oxygen atoms in total. The van der Waals surface area contributed by atoms with E-state index in [0.717, 1.165) is 18.6 Å². The van der Waals surface area contributed by atoms with E-state index in [1.807, 2.05) is 31.2 Å². The predicted molar refractivity (Wildman–Crippen MR) is 100 cm³/mol. The minimum atomic E-state index is -0.0405. The van der Waals surface area contributed by atoms with Crippen LogP contribution >= 0.6 is 12.4 Å². The highest BCUT2D eigenvalue weighted by Gasteiger charge is 2.39. The molecule has 2 saturated carbocycles. The number of nitrogens with two attached hydrogens (primary N) is 1. The Bertz CT molecular complexity index is 538. The van der Waals surface area contributed by atoms with Crippen LogP contribution in [-0.2, 0) is 4.79 Å². The van der Waals surface area contributed by atoms with Crippen molar-refractivity contribution < 1.29 is 14.3 Å². The van der Waals surface area contributed by atoms with Gasteiger partial charge in [0, 0.05) is 12.1 Å². The third-order valence-corrected chi connectivity index (χ3v) is 5.21. The van der Waals surface area contributed by atoms with Crippen molar-refractivity contribution in [2.45, 2.75) is 51.1 Å². The molecular weight excluding hydrogens is 340 g/mol. The molecule has 0 aromatic heterocycles. The molecule has 2 fully saturated rings. The number of carbonyl (C=O) groups is 1. The van der Waals surface area contributed by atoms with Crippen LogP contribution in [0.1, 0.15) is 39.0 Å². The summed E-state index contributed by atoms with van der Waals surface area (Å²) < 4.78 is 11.0. The molecule has 1 aromatic rings. The predicted octanol–water partition coefficient (Wildman–Crippen LogP) is 2.91. The van der Waals surface area contributed by atoms with Crippen LogP contribution in [-0.4, -0.2) is 31.2 Å². The largest absolute Gasteiger partial charge is 0.494 e. The van der Waals surface area contributed by atoms with Crippen molar-refractivity contribution in [1.82, 2.24) is 5.32 Å². The van der Waals surface area contributed by atoms with Crippen LogP contribution < -0.4 is 20.5 Å². The molecule has 0 spiro atoms. The summed E-state index contributed by atoms with van der Waals surface area (Å²) in [5, 5.41) is 3.20. The number of ether oxygens (including phenoxy) is 2. The standard InChI is InChI=1S/C19H28N2O3.ClH/c1-2-23-16-6-8-17(9-7-16)24-12-18(22)21-19-13-4-3-5-14(19)11-15(20)10-13;/h6-9,13-15,19H,2-5,10-12,20H2,1H3,(H,21,22);1H. The molecule has 140 valence electrons. The molecule has 3 N–H and O–H groups in total. The van der Waals surface area contributed by atoms with E-state index in [4.69, 9.17) is 15.2 Å². The summed E-state index contributed by atoms with van der Waals surface area (Å²) in [6.07, 6.45) is 5.67. The maximum Gasteiger partial charge on any atom is 0.258 e. The topological polar surface area (TPSA) is 73.6 Å². The Kier molecular flexibility index (Phi) is 7.38. The Morgan fingerprint density at radius 2 is 1.68 bits per heavy atom. The molecule has 0 aliphatic heterocycles. The van der Waals surface area contributed by atoms with Crippen molar-refractivity contribution in [2.75, 3.05) is 13.2 Å². The minimum Gasteiger partial charge on any atom is -0.494 e. The Morgan fingerprint density at radius 1 is 1.12 bits per heavy atom. The summed E-state index contributed by atoms with van der Waals surface area (Å²) in [6.45, 7) is 2.63. The molecule has 2 aliphatic rings. The highest BCUT2D eigenvalue weighted by atomic mass is 35.5. The lowest BCUT2D eigenvalue weighted by Crippen LogP contribution is -2.54. The first kappa shape index (κ1) is 19.9. The molecular formula is C19H29ClN2O3. The molecule has 2 unspecified atom stereocenters. The summed E-state index contributed by atoms with van der Waals surface area (Å²) in [5.41, 5.74) is 6.14. The number of benzene rings is 1. The van der Waals surface area contributed by atoms with E-state index in [1.165, 1.54) is 19.3 Å². The summed E-state index contributed by atoms with van der Waals surface area (Å²) in [6, 6.07) is 7.93. The number of hydrogen-bond acceptors (Lipinski definition) is 4. The Balaban J connectivity index is 0.00000225. The highest BCUT2D eigenvalue weighted by molar-refractivity contribution is 5.85. The van der Waals surface area contributed by atoms with E-state index in [1.54, 1.807) is 0 Å². The molecule has 0 saturated heterocycles. The van der Waals surface area contributed by atoms with E-state index < -0.39 is 0 Å². The van der Waals surface area contributed by atoms with E-state index in [9.17, 15) is 4.79 Å². The second-order valence-corrected chi connectivity index (χ2v) is 6.97. The molecule has 6 heteroatoms. The zero-order chi connectivity index (χ0) is 16.9. The van der Waals surface area contributed by atoms with E-state index in [2.05, 4.69) is 5.32 Å². The van der Waals surface area contributed by atoms with Gasteiger partial charge in [0.2, 0.25) is 0 Å². The number of carbonyl (C=O) groups excluding carboxylic acids is 1. The van der Waals surface area contributed by atoms with Gasteiger partial charge in [-0.25, -0.2) is 0 Å². The fourth-order valence-corrected chi connectivity index (χ4v) is 4.20. The van der Waals surface area contributed by atoms with E-state index in [0.29, 0.717) is 30.2 Å². The van der Waals surface area contributed by atoms with Crippen LogP contribution in [0.3, 0.4) is 0 Å². The van der Waals surface area contributed by atoms with Gasteiger partial charge in [0.15, 0.2) is 6.61 Å². The SMILES string of the molecule is CCOc1ccc(OCC(=O)NC2C3CCCC2CC(N)C3)cc1.Cl. The van der Waals surface area contributed by atoms with Gasteiger partial charge < -0.3 is 20.5 Å². The monoisotopic (exact) mass is 368 g/mol. The lowest BCUT2D eigenvalue weighted by molar-refractivity contribution is -0.125. The first-order chi connectivity index (χ1) is 11.7. The lowest BCUT2D eigenvalue weighted by atomic mass is 9.67. The normalized spacial score (nSPS) is 27.8. The molecule has 2 bridgehead atoms. The number of rotatable bonds is 6. The number of hydrogen-bond donors (Lipinski definition) is 2. The smallest absolute Gasteiger partial charge is 0.258 e. The average molecular weight is 369 g/mol. The van der Waals surface area contributed by atoms with Gasteiger partial charge in [-0.05, 0) is 68.7 Å². The Hall–Kier alpha value is -1.46. The van der Waals surface area contributed by atoms with Gasteiger partial charge >= 0.3 is 0 Å². The third kappa shape index (κ3) is 5.25. The summed E-state index contributed by atoms with van der Waals surface area (Å²) in [5.74, 6) is 2.50. The van der Waals surface area contributed by atoms with Gasteiger partial charge in [0.25, 0.3) is 5.91 Å². The number of amides is 1. The van der Waals surface area contributed by atoms with Crippen LogP contribution in [0.15, 0.2) is 24.3 Å². The Labute approximate surface area is 156 Å². The fourth-order valence-electron chi connectivity index (χ4n) is 4.20. The zero-order valence-electron chi connectivity index (χ0n) is 14.8. The zero-order valence-corrected chi connectivity index (χ0v) is 15.6. The van der Waals surface area contributed by atoms with Crippen LogP contribution in [0, 0.1) is 11.8 Å². The van der Waals surface area contributed by atoms with E-state index in [-0.39, 0.29) is 31.0 Å². The summed E-state index contributed by atoms with van der Waals surface area (Å²) >= 11 is 0. The van der Waals surface area contributed by atoms with Gasteiger partial charge in [-0.15, -0.1) is 12.4 Å². The number of fused-ring (bicyclic) bond motifs is 2. The van der Waals surface area contributed by atoms with Crippen molar-refractivity contribution in [1.29, 1.82) is 0 Å². The molecule has 1 aromatic carbocycles. The second-order valence-electron chi connectivity index (χ2n) is 6.97. The molecule has 0 radical (unpaired) electrons. The molecule has 2 aliphatic carbocycles. The van der Waals surface area contributed by atoms with Crippen molar-refractivity contribution in [2.24, 2.45) is 17.6 Å². The van der Waals surface area contributed by atoms with Gasteiger partial charge in [0.1, 0.15) is 11.5 Å². The van der Waals surface area contributed by atoms with Crippen LogP contribution in [0.2, 0.25) is 0 Å². The average Bonchev–Trinajstić information content (AvgIpc) is 2.55. The number of halogens is 1.